The first kappa shape index (κ1) is 16.8. The van der Waals surface area contributed by atoms with Gasteiger partial charge >= 0.3 is 5.97 Å². The molecule has 1 fully saturated rings. The van der Waals surface area contributed by atoms with Gasteiger partial charge in [-0.15, -0.1) is 0 Å². The molecule has 0 unspecified atom stereocenters. The molecular formula is C15H22N6O2S. The maximum Gasteiger partial charge on any atom is 0.350 e. The molecule has 3 rings (SSSR count). The van der Waals surface area contributed by atoms with E-state index < -0.39 is 0 Å². The number of carbonyl (C=O) groups is 1. The number of nitrogens with one attached hydrogen (secondary N) is 1. The summed E-state index contributed by atoms with van der Waals surface area (Å²) in [6.45, 7) is 10.3. The van der Waals surface area contributed by atoms with Crippen molar-refractivity contribution in [1.29, 1.82) is 0 Å². The Bertz CT molecular complexity index is 705. The Hall–Kier alpha value is -2.00. The number of carbonyl (C=O) groups excluding carboxylic acids is 1. The molecule has 24 heavy (non-hydrogen) atoms. The Morgan fingerprint density at radius 3 is 2.62 bits per heavy atom. The van der Waals surface area contributed by atoms with Gasteiger partial charge in [-0.25, -0.2) is 14.8 Å². The lowest BCUT2D eigenvalue weighted by molar-refractivity contribution is 0.0531. The lowest BCUT2D eigenvalue weighted by Gasteiger charge is -2.33. The first-order chi connectivity index (χ1) is 11.6. The van der Waals surface area contributed by atoms with Gasteiger partial charge in [0.2, 0.25) is 0 Å². The van der Waals surface area contributed by atoms with Crippen LogP contribution in [0, 0.1) is 13.8 Å². The van der Waals surface area contributed by atoms with Crippen molar-refractivity contribution >= 4 is 22.4 Å². The number of thiazole rings is 1. The predicted molar refractivity (Wildman–Crippen MR) is 91.4 cm³/mol. The highest BCUT2D eigenvalue weighted by Crippen LogP contribution is 2.27. The van der Waals surface area contributed by atoms with Gasteiger partial charge in [0.25, 0.3) is 0 Å². The molecule has 2 aromatic rings. The number of nitrogens with zero attached hydrogens (tertiary/aromatic N) is 5. The number of esters is 1. The van der Waals surface area contributed by atoms with E-state index in [2.05, 4.69) is 30.0 Å². The van der Waals surface area contributed by atoms with E-state index in [1.165, 1.54) is 11.3 Å². The van der Waals surface area contributed by atoms with Crippen LogP contribution in [-0.2, 0) is 11.3 Å². The zero-order chi connectivity index (χ0) is 17.1. The molecule has 0 amide bonds. The van der Waals surface area contributed by atoms with Crippen molar-refractivity contribution in [2.75, 3.05) is 37.7 Å². The van der Waals surface area contributed by atoms with Crippen LogP contribution in [0.15, 0.2) is 0 Å². The molecule has 1 N–H and O–H groups in total. The normalized spacial score (nSPS) is 15.7. The molecule has 0 aromatic carbocycles. The van der Waals surface area contributed by atoms with Gasteiger partial charge in [0.15, 0.2) is 11.0 Å². The summed E-state index contributed by atoms with van der Waals surface area (Å²) < 4.78 is 5.08. The quantitative estimate of drug-likeness (QED) is 0.815. The van der Waals surface area contributed by atoms with Crippen LogP contribution in [0.4, 0.5) is 5.13 Å². The van der Waals surface area contributed by atoms with E-state index in [0.717, 1.165) is 55.2 Å². The van der Waals surface area contributed by atoms with Crippen LogP contribution < -0.4 is 4.90 Å². The highest BCUT2D eigenvalue weighted by Gasteiger charge is 2.23. The smallest absolute Gasteiger partial charge is 0.350 e. The monoisotopic (exact) mass is 350 g/mol. The van der Waals surface area contributed by atoms with Crippen LogP contribution in [0.25, 0.3) is 0 Å². The number of aromatic nitrogens is 4. The fraction of sp³-hybridized carbons (Fsp3) is 0.600. The van der Waals surface area contributed by atoms with Crippen molar-refractivity contribution in [3.63, 3.8) is 0 Å². The van der Waals surface area contributed by atoms with Gasteiger partial charge in [-0.05, 0) is 20.8 Å². The molecule has 0 bridgehead atoms. The summed E-state index contributed by atoms with van der Waals surface area (Å²) in [5.74, 6) is 1.39. The highest BCUT2D eigenvalue weighted by atomic mass is 32.1. The number of hydrogen-bond acceptors (Lipinski definition) is 8. The van der Waals surface area contributed by atoms with Crippen LogP contribution >= 0.6 is 11.3 Å². The SMILES string of the molecule is CCOC(=O)c1sc(N2CCN(Cc3n[nH]c(C)n3)CC2)nc1C. The van der Waals surface area contributed by atoms with E-state index >= 15 is 0 Å². The largest absolute Gasteiger partial charge is 0.462 e. The zero-order valence-electron chi connectivity index (χ0n) is 14.2. The molecule has 2 aromatic heterocycles. The molecule has 1 aliphatic heterocycles. The Kier molecular flexibility index (Phi) is 5.10. The van der Waals surface area contributed by atoms with Gasteiger partial charge in [-0.1, -0.05) is 11.3 Å². The van der Waals surface area contributed by atoms with Crippen molar-refractivity contribution in [3.8, 4) is 0 Å². The molecule has 1 aliphatic rings. The lowest BCUT2D eigenvalue weighted by atomic mass is 10.3. The number of ether oxygens (including phenoxy) is 1. The van der Waals surface area contributed by atoms with E-state index in [1.54, 1.807) is 0 Å². The Labute approximate surface area is 144 Å². The summed E-state index contributed by atoms with van der Waals surface area (Å²) >= 11 is 1.41. The Morgan fingerprint density at radius 1 is 1.25 bits per heavy atom. The van der Waals surface area contributed by atoms with Gasteiger partial charge in [-0.2, -0.15) is 5.10 Å². The molecule has 0 atom stereocenters. The third kappa shape index (κ3) is 3.73. The van der Waals surface area contributed by atoms with E-state index in [1.807, 2.05) is 20.8 Å². The molecule has 9 heteroatoms. The summed E-state index contributed by atoms with van der Waals surface area (Å²) in [7, 11) is 0. The summed E-state index contributed by atoms with van der Waals surface area (Å²) in [5.41, 5.74) is 0.743. The second-order valence-corrected chi connectivity index (χ2v) is 6.71. The number of rotatable bonds is 5. The Morgan fingerprint density at radius 2 is 2.00 bits per heavy atom. The van der Waals surface area contributed by atoms with Gasteiger partial charge in [0.1, 0.15) is 10.7 Å². The van der Waals surface area contributed by atoms with Crippen LogP contribution in [0.2, 0.25) is 0 Å². The topological polar surface area (TPSA) is 87.2 Å². The molecule has 8 nitrogen and oxygen atoms in total. The first-order valence-electron chi connectivity index (χ1n) is 8.06. The molecule has 130 valence electrons. The number of aryl methyl sites for hydroxylation is 2. The second kappa shape index (κ2) is 7.27. The number of hydrogen-bond donors (Lipinski definition) is 1. The average Bonchev–Trinajstić information content (AvgIpc) is 3.14. The van der Waals surface area contributed by atoms with Gasteiger partial charge in [0, 0.05) is 26.2 Å². The zero-order valence-corrected chi connectivity index (χ0v) is 15.0. The van der Waals surface area contributed by atoms with Crippen molar-refractivity contribution in [1.82, 2.24) is 25.1 Å². The van der Waals surface area contributed by atoms with E-state index in [-0.39, 0.29) is 5.97 Å². The van der Waals surface area contributed by atoms with Crippen LogP contribution in [-0.4, -0.2) is 63.8 Å². The van der Waals surface area contributed by atoms with Crippen molar-refractivity contribution in [2.24, 2.45) is 0 Å². The van der Waals surface area contributed by atoms with Gasteiger partial charge in [-0.3, -0.25) is 10.00 Å². The molecule has 0 radical (unpaired) electrons. The second-order valence-electron chi connectivity index (χ2n) is 5.73. The van der Waals surface area contributed by atoms with E-state index in [0.29, 0.717) is 11.5 Å². The Balaban J connectivity index is 1.58. The third-order valence-corrected chi connectivity index (χ3v) is 5.10. The maximum atomic E-state index is 11.9. The fourth-order valence-electron chi connectivity index (χ4n) is 2.66. The predicted octanol–water partition coefficient (Wildman–Crippen LogP) is 1.38. The fourth-order valence-corrected chi connectivity index (χ4v) is 3.67. The molecule has 0 saturated carbocycles. The summed E-state index contributed by atoms with van der Waals surface area (Å²) in [4.78, 5) is 26.0. The molecule has 3 heterocycles. The number of anilines is 1. The van der Waals surface area contributed by atoms with Crippen molar-refractivity contribution in [2.45, 2.75) is 27.3 Å². The van der Waals surface area contributed by atoms with Crippen molar-refractivity contribution in [3.05, 3.63) is 22.2 Å². The molecule has 1 saturated heterocycles. The van der Waals surface area contributed by atoms with Crippen LogP contribution in [0.5, 0.6) is 0 Å². The molecular weight excluding hydrogens is 328 g/mol. The van der Waals surface area contributed by atoms with Gasteiger partial charge in [0.05, 0.1) is 18.8 Å². The third-order valence-electron chi connectivity index (χ3n) is 3.90. The van der Waals surface area contributed by atoms with Gasteiger partial charge < -0.3 is 9.64 Å². The summed E-state index contributed by atoms with van der Waals surface area (Å²) in [5, 5.41) is 7.95. The lowest BCUT2D eigenvalue weighted by Crippen LogP contribution is -2.46. The average molecular weight is 350 g/mol. The van der Waals surface area contributed by atoms with Crippen LogP contribution in [0.3, 0.4) is 0 Å². The van der Waals surface area contributed by atoms with E-state index in [9.17, 15) is 4.79 Å². The minimum Gasteiger partial charge on any atom is -0.462 e. The maximum absolute atomic E-state index is 11.9. The number of aromatic amines is 1. The van der Waals surface area contributed by atoms with Crippen LogP contribution in [0.1, 0.15) is 33.9 Å². The van der Waals surface area contributed by atoms with E-state index in [4.69, 9.17) is 4.74 Å². The summed E-state index contributed by atoms with van der Waals surface area (Å²) in [6, 6.07) is 0. The number of H-pyrrole nitrogens is 1. The standard InChI is InChI=1S/C15H22N6O2S/c1-4-23-14(22)13-10(2)16-15(24-13)21-7-5-20(6-8-21)9-12-17-11(3)18-19-12/h4-9H2,1-3H3,(H,17,18,19). The highest BCUT2D eigenvalue weighted by molar-refractivity contribution is 7.17. The first-order valence-corrected chi connectivity index (χ1v) is 8.88. The molecule has 0 aliphatic carbocycles. The minimum atomic E-state index is -0.280. The number of piperazine rings is 1. The van der Waals surface area contributed by atoms with Crippen molar-refractivity contribution < 1.29 is 9.53 Å². The minimum absolute atomic E-state index is 0.280. The summed E-state index contributed by atoms with van der Waals surface area (Å²) in [6.07, 6.45) is 0. The molecule has 0 spiro atoms.